The summed E-state index contributed by atoms with van der Waals surface area (Å²) in [7, 11) is 1.61. The Morgan fingerprint density at radius 1 is 1.24 bits per heavy atom. The van der Waals surface area contributed by atoms with E-state index in [0.717, 1.165) is 28.1 Å². The number of amides is 1. The molecule has 5 nitrogen and oxygen atoms in total. The molecule has 2 aromatic rings. The molecule has 0 spiro atoms. The van der Waals surface area contributed by atoms with E-state index in [1.54, 1.807) is 12.0 Å². The number of carbonyl (C=O) groups is 2. The van der Waals surface area contributed by atoms with Crippen molar-refractivity contribution in [3.05, 3.63) is 59.2 Å². The van der Waals surface area contributed by atoms with Crippen LogP contribution in [0.1, 0.15) is 29.0 Å². The number of rotatable bonds is 5. The van der Waals surface area contributed by atoms with Gasteiger partial charge in [0, 0.05) is 18.2 Å². The Balaban J connectivity index is 1.82. The van der Waals surface area contributed by atoms with Gasteiger partial charge in [0.25, 0.3) is 0 Å². The van der Waals surface area contributed by atoms with Gasteiger partial charge in [-0.3, -0.25) is 9.59 Å². The zero-order chi connectivity index (χ0) is 18.0. The van der Waals surface area contributed by atoms with Crippen molar-refractivity contribution in [3.8, 4) is 5.75 Å². The molecular formula is C20H21NO4. The molecule has 5 heteroatoms. The van der Waals surface area contributed by atoms with Crippen molar-refractivity contribution in [2.24, 2.45) is 0 Å². The second kappa shape index (κ2) is 6.97. The van der Waals surface area contributed by atoms with Crippen molar-refractivity contribution >= 4 is 17.6 Å². The van der Waals surface area contributed by atoms with Crippen LogP contribution in [0.15, 0.2) is 42.5 Å². The Bertz CT molecular complexity index is 815. The van der Waals surface area contributed by atoms with Crippen molar-refractivity contribution in [1.82, 2.24) is 0 Å². The molecule has 1 atom stereocenters. The summed E-state index contributed by atoms with van der Waals surface area (Å²) in [6.45, 7) is 2.37. The number of aliphatic carboxylic acids is 1. The number of fused-ring (bicyclic) bond motifs is 1. The summed E-state index contributed by atoms with van der Waals surface area (Å²) in [4.78, 5) is 25.7. The second-order valence-corrected chi connectivity index (χ2v) is 6.34. The highest BCUT2D eigenvalue weighted by atomic mass is 16.5. The fourth-order valence-electron chi connectivity index (χ4n) is 3.36. The van der Waals surface area contributed by atoms with Gasteiger partial charge in [-0.25, -0.2) is 0 Å². The van der Waals surface area contributed by atoms with Crippen molar-refractivity contribution in [2.45, 2.75) is 25.7 Å². The zero-order valence-electron chi connectivity index (χ0n) is 14.4. The van der Waals surface area contributed by atoms with Crippen molar-refractivity contribution in [2.75, 3.05) is 18.6 Å². The van der Waals surface area contributed by atoms with E-state index in [0.29, 0.717) is 6.54 Å². The third kappa shape index (κ3) is 3.50. The molecule has 1 aliphatic rings. The Morgan fingerprint density at radius 2 is 2.00 bits per heavy atom. The van der Waals surface area contributed by atoms with E-state index < -0.39 is 5.97 Å². The lowest BCUT2D eigenvalue weighted by Gasteiger charge is -2.18. The summed E-state index contributed by atoms with van der Waals surface area (Å²) in [5.74, 6) is -0.287. The standard InChI is InChI=1S/C20H21NO4/c1-13-7-8-14(9-18(13)25-2)10-19(22)21-12-15(11-20(23)24)16-5-3-4-6-17(16)21/h3-9,15H,10-12H2,1-2H3,(H,23,24). The Hall–Kier alpha value is -2.82. The van der Waals surface area contributed by atoms with Crippen LogP contribution < -0.4 is 9.64 Å². The Morgan fingerprint density at radius 3 is 2.72 bits per heavy atom. The van der Waals surface area contributed by atoms with E-state index in [1.807, 2.05) is 49.4 Å². The normalized spacial score (nSPS) is 15.8. The van der Waals surface area contributed by atoms with Crippen LogP contribution in [0.3, 0.4) is 0 Å². The van der Waals surface area contributed by atoms with Crippen LogP contribution in [-0.4, -0.2) is 30.6 Å². The average Bonchev–Trinajstić information content (AvgIpc) is 2.95. The third-order valence-corrected chi connectivity index (χ3v) is 4.62. The first kappa shape index (κ1) is 17.0. The number of para-hydroxylation sites is 1. The number of nitrogens with zero attached hydrogens (tertiary/aromatic N) is 1. The molecule has 1 heterocycles. The largest absolute Gasteiger partial charge is 0.496 e. The van der Waals surface area contributed by atoms with Crippen LogP contribution in [0.5, 0.6) is 5.75 Å². The molecule has 1 N–H and O–H groups in total. The number of carboxylic acids is 1. The van der Waals surface area contributed by atoms with Crippen molar-refractivity contribution < 1.29 is 19.4 Å². The van der Waals surface area contributed by atoms with Gasteiger partial charge < -0.3 is 14.7 Å². The molecule has 0 radical (unpaired) electrons. The Labute approximate surface area is 146 Å². The smallest absolute Gasteiger partial charge is 0.304 e. The SMILES string of the molecule is COc1cc(CC(=O)N2CC(CC(=O)O)c3ccccc32)ccc1C. The molecule has 3 rings (SSSR count). The van der Waals surface area contributed by atoms with Crippen LogP contribution in [0.25, 0.3) is 0 Å². The molecule has 0 fully saturated rings. The van der Waals surface area contributed by atoms with E-state index in [9.17, 15) is 9.59 Å². The summed E-state index contributed by atoms with van der Waals surface area (Å²) in [5, 5.41) is 9.13. The predicted octanol–water partition coefficient (Wildman–Crippen LogP) is 3.15. The predicted molar refractivity (Wildman–Crippen MR) is 95.2 cm³/mol. The van der Waals surface area contributed by atoms with E-state index in [2.05, 4.69) is 0 Å². The first-order chi connectivity index (χ1) is 12.0. The van der Waals surface area contributed by atoms with Crippen molar-refractivity contribution in [3.63, 3.8) is 0 Å². The number of aryl methyl sites for hydroxylation is 1. The van der Waals surface area contributed by atoms with E-state index >= 15 is 0 Å². The fourth-order valence-corrected chi connectivity index (χ4v) is 3.36. The summed E-state index contributed by atoms with van der Waals surface area (Å²) >= 11 is 0. The summed E-state index contributed by atoms with van der Waals surface area (Å²) in [5.41, 5.74) is 3.65. The molecule has 2 aromatic carbocycles. The number of anilines is 1. The van der Waals surface area contributed by atoms with Crippen LogP contribution in [-0.2, 0) is 16.0 Å². The molecular weight excluding hydrogens is 318 g/mol. The van der Waals surface area contributed by atoms with E-state index in [-0.39, 0.29) is 24.7 Å². The topological polar surface area (TPSA) is 66.8 Å². The number of hydrogen-bond acceptors (Lipinski definition) is 3. The monoisotopic (exact) mass is 339 g/mol. The molecule has 25 heavy (non-hydrogen) atoms. The van der Waals surface area contributed by atoms with Crippen LogP contribution in [0.4, 0.5) is 5.69 Å². The summed E-state index contributed by atoms with van der Waals surface area (Å²) < 4.78 is 5.32. The maximum absolute atomic E-state index is 12.8. The van der Waals surface area contributed by atoms with Gasteiger partial charge in [-0.1, -0.05) is 30.3 Å². The van der Waals surface area contributed by atoms with Gasteiger partial charge in [0.2, 0.25) is 5.91 Å². The van der Waals surface area contributed by atoms with Crippen molar-refractivity contribution in [1.29, 1.82) is 0 Å². The summed E-state index contributed by atoms with van der Waals surface area (Å²) in [6.07, 6.45) is 0.282. The second-order valence-electron chi connectivity index (χ2n) is 6.34. The third-order valence-electron chi connectivity index (χ3n) is 4.62. The van der Waals surface area contributed by atoms with Gasteiger partial charge in [0.15, 0.2) is 0 Å². The molecule has 0 aliphatic carbocycles. The molecule has 1 unspecified atom stereocenters. The van der Waals surface area contributed by atoms with Gasteiger partial charge in [0.05, 0.1) is 20.0 Å². The average molecular weight is 339 g/mol. The minimum atomic E-state index is -0.850. The molecule has 130 valence electrons. The number of ether oxygens (including phenoxy) is 1. The molecule has 0 bridgehead atoms. The lowest BCUT2D eigenvalue weighted by atomic mass is 9.98. The number of benzene rings is 2. The lowest BCUT2D eigenvalue weighted by Crippen LogP contribution is -2.31. The molecule has 1 aliphatic heterocycles. The molecule has 0 saturated carbocycles. The van der Waals surface area contributed by atoms with Gasteiger partial charge >= 0.3 is 5.97 Å². The minimum absolute atomic E-state index is 0.0269. The zero-order valence-corrected chi connectivity index (χ0v) is 14.4. The Kier molecular flexibility index (Phi) is 4.74. The molecule has 0 saturated heterocycles. The molecule has 0 aromatic heterocycles. The highest BCUT2D eigenvalue weighted by Crippen LogP contribution is 2.38. The van der Waals surface area contributed by atoms with Crippen LogP contribution >= 0.6 is 0 Å². The van der Waals surface area contributed by atoms with Gasteiger partial charge in [-0.05, 0) is 35.7 Å². The van der Waals surface area contributed by atoms with Gasteiger partial charge in [-0.2, -0.15) is 0 Å². The fraction of sp³-hybridized carbons (Fsp3) is 0.300. The quantitative estimate of drug-likeness (QED) is 0.909. The lowest BCUT2D eigenvalue weighted by molar-refractivity contribution is -0.137. The summed E-state index contributed by atoms with van der Waals surface area (Å²) in [6, 6.07) is 13.3. The minimum Gasteiger partial charge on any atom is -0.496 e. The number of carbonyl (C=O) groups excluding carboxylic acids is 1. The number of carboxylic acid groups (broad SMARTS) is 1. The first-order valence-corrected chi connectivity index (χ1v) is 8.24. The van der Waals surface area contributed by atoms with Crippen LogP contribution in [0, 0.1) is 6.92 Å². The van der Waals surface area contributed by atoms with Crippen LogP contribution in [0.2, 0.25) is 0 Å². The molecule has 1 amide bonds. The number of hydrogen-bond donors (Lipinski definition) is 1. The van der Waals surface area contributed by atoms with Gasteiger partial charge in [-0.15, -0.1) is 0 Å². The highest BCUT2D eigenvalue weighted by molar-refractivity contribution is 5.97. The first-order valence-electron chi connectivity index (χ1n) is 8.24. The number of methoxy groups -OCH3 is 1. The maximum Gasteiger partial charge on any atom is 0.304 e. The highest BCUT2D eigenvalue weighted by Gasteiger charge is 2.33. The van der Waals surface area contributed by atoms with Gasteiger partial charge in [0.1, 0.15) is 5.75 Å². The van der Waals surface area contributed by atoms with E-state index in [4.69, 9.17) is 9.84 Å². The van der Waals surface area contributed by atoms with E-state index in [1.165, 1.54) is 0 Å². The maximum atomic E-state index is 12.8.